The third kappa shape index (κ3) is 4.35. The molecule has 0 bridgehead atoms. The number of hydrogen-bond donors (Lipinski definition) is 1. The van der Waals surface area contributed by atoms with Crippen LogP contribution >= 0.6 is 0 Å². The minimum atomic E-state index is -0.379. The second-order valence-electron chi connectivity index (χ2n) is 8.90. The predicted octanol–water partition coefficient (Wildman–Crippen LogP) is 3.04. The third-order valence-electron chi connectivity index (χ3n) is 6.57. The van der Waals surface area contributed by atoms with E-state index >= 15 is 0 Å². The molecule has 2 aliphatic rings. The summed E-state index contributed by atoms with van der Waals surface area (Å²) in [5.41, 5.74) is 6.21. The molecule has 0 saturated carbocycles. The van der Waals surface area contributed by atoms with Crippen molar-refractivity contribution in [3.05, 3.63) is 47.3 Å². The molecule has 1 N–H and O–H groups in total. The zero-order valence-corrected chi connectivity index (χ0v) is 20.0. The molecule has 5 rings (SSSR count). The summed E-state index contributed by atoms with van der Waals surface area (Å²) in [5, 5.41) is 7.82. The van der Waals surface area contributed by atoms with Crippen LogP contribution in [0.1, 0.15) is 35.0 Å². The van der Waals surface area contributed by atoms with Gasteiger partial charge in [-0.15, -0.1) is 0 Å². The molecular formula is C25H31N7O2. The highest BCUT2D eigenvalue weighted by Crippen LogP contribution is 2.33. The second-order valence-corrected chi connectivity index (χ2v) is 8.90. The fourth-order valence-corrected chi connectivity index (χ4v) is 4.72. The number of esters is 1. The number of anilines is 3. The fraction of sp³-hybridized carbons (Fsp3) is 0.440. The first-order valence-corrected chi connectivity index (χ1v) is 11.9. The number of carbonyl (C=O) groups excluding carboxylic acids is 1. The number of fused-ring (bicyclic) bond motifs is 3. The van der Waals surface area contributed by atoms with Gasteiger partial charge in [0.05, 0.1) is 18.0 Å². The Morgan fingerprint density at radius 3 is 2.59 bits per heavy atom. The fourth-order valence-electron chi connectivity index (χ4n) is 4.72. The molecule has 1 aliphatic carbocycles. The summed E-state index contributed by atoms with van der Waals surface area (Å²) in [6.07, 6.45) is 4.40. The van der Waals surface area contributed by atoms with Crippen molar-refractivity contribution in [2.24, 2.45) is 7.05 Å². The van der Waals surface area contributed by atoms with Crippen molar-refractivity contribution in [2.75, 3.05) is 50.1 Å². The number of rotatable bonds is 5. The van der Waals surface area contributed by atoms with Gasteiger partial charge in [0.25, 0.3) is 0 Å². The molecule has 34 heavy (non-hydrogen) atoms. The first kappa shape index (κ1) is 22.3. The average molecular weight is 462 g/mol. The van der Waals surface area contributed by atoms with E-state index in [1.54, 1.807) is 11.6 Å². The summed E-state index contributed by atoms with van der Waals surface area (Å²) in [6, 6.07) is 8.41. The monoisotopic (exact) mass is 461 g/mol. The SMILES string of the molecule is CCOC(=O)c1nn(C)c2c1CCCc1cnc(Nc3ccc(N4CCN(C)CC4)cc3)nc1-2. The first-order chi connectivity index (χ1) is 16.5. The maximum Gasteiger partial charge on any atom is 0.359 e. The minimum Gasteiger partial charge on any atom is -0.461 e. The largest absolute Gasteiger partial charge is 0.461 e. The van der Waals surface area contributed by atoms with E-state index < -0.39 is 0 Å². The molecule has 3 heterocycles. The molecule has 0 radical (unpaired) electrons. The van der Waals surface area contributed by atoms with Gasteiger partial charge in [-0.25, -0.2) is 14.8 Å². The smallest absolute Gasteiger partial charge is 0.359 e. The van der Waals surface area contributed by atoms with Gasteiger partial charge >= 0.3 is 5.97 Å². The van der Waals surface area contributed by atoms with E-state index in [0.717, 1.165) is 73.6 Å². The van der Waals surface area contributed by atoms with Gasteiger partial charge in [-0.2, -0.15) is 5.10 Å². The highest BCUT2D eigenvalue weighted by molar-refractivity contribution is 5.91. The molecule has 3 aromatic rings. The lowest BCUT2D eigenvalue weighted by molar-refractivity contribution is 0.0517. The summed E-state index contributed by atoms with van der Waals surface area (Å²) in [7, 11) is 4.01. The number of aromatic nitrogens is 4. The Kier molecular flexibility index (Phi) is 6.19. The van der Waals surface area contributed by atoms with Crippen LogP contribution in [-0.2, 0) is 24.6 Å². The van der Waals surface area contributed by atoms with Crippen molar-refractivity contribution in [2.45, 2.75) is 26.2 Å². The molecule has 9 heteroatoms. The van der Waals surface area contributed by atoms with Crippen molar-refractivity contribution in [3.63, 3.8) is 0 Å². The normalized spacial score (nSPS) is 15.9. The summed E-state index contributed by atoms with van der Waals surface area (Å²) in [6.45, 7) is 6.37. The Hall–Kier alpha value is -3.46. The zero-order valence-electron chi connectivity index (χ0n) is 20.0. The zero-order chi connectivity index (χ0) is 23.7. The number of ether oxygens (including phenoxy) is 1. The van der Waals surface area contributed by atoms with Crippen LogP contribution in [0.25, 0.3) is 11.4 Å². The predicted molar refractivity (Wildman–Crippen MR) is 132 cm³/mol. The van der Waals surface area contributed by atoms with Gasteiger partial charge in [0, 0.05) is 56.4 Å². The quantitative estimate of drug-likeness (QED) is 0.580. The molecule has 2 aromatic heterocycles. The Morgan fingerprint density at radius 1 is 1.09 bits per heavy atom. The molecule has 1 aromatic carbocycles. The first-order valence-electron chi connectivity index (χ1n) is 11.9. The molecule has 1 fully saturated rings. The third-order valence-corrected chi connectivity index (χ3v) is 6.57. The molecule has 0 unspecified atom stereocenters. The number of nitrogens with one attached hydrogen (secondary N) is 1. The van der Waals surface area contributed by atoms with E-state index in [-0.39, 0.29) is 5.97 Å². The molecule has 9 nitrogen and oxygen atoms in total. The van der Waals surface area contributed by atoms with Gasteiger partial charge in [0.1, 0.15) is 0 Å². The van der Waals surface area contributed by atoms with E-state index in [4.69, 9.17) is 9.72 Å². The molecule has 1 aliphatic heterocycles. The lowest BCUT2D eigenvalue weighted by Crippen LogP contribution is -2.44. The summed E-state index contributed by atoms with van der Waals surface area (Å²) < 4.78 is 6.98. The maximum absolute atomic E-state index is 12.5. The molecular weight excluding hydrogens is 430 g/mol. The lowest BCUT2D eigenvalue weighted by Gasteiger charge is -2.34. The topological polar surface area (TPSA) is 88.4 Å². The van der Waals surface area contributed by atoms with Gasteiger partial charge < -0.3 is 19.9 Å². The van der Waals surface area contributed by atoms with E-state index in [1.807, 2.05) is 13.2 Å². The van der Waals surface area contributed by atoms with Crippen LogP contribution in [0.4, 0.5) is 17.3 Å². The number of likely N-dealkylation sites (N-methyl/N-ethyl adjacent to an activating group) is 1. The van der Waals surface area contributed by atoms with E-state index in [2.05, 4.69) is 56.5 Å². The number of hydrogen-bond acceptors (Lipinski definition) is 8. The number of piperazine rings is 1. The molecule has 0 atom stereocenters. The molecule has 0 spiro atoms. The minimum absolute atomic E-state index is 0.324. The van der Waals surface area contributed by atoms with Crippen LogP contribution < -0.4 is 10.2 Å². The summed E-state index contributed by atoms with van der Waals surface area (Å²) in [5.74, 6) is 0.147. The summed E-state index contributed by atoms with van der Waals surface area (Å²) in [4.78, 5) is 26.7. The Morgan fingerprint density at radius 2 is 1.85 bits per heavy atom. The van der Waals surface area contributed by atoms with Crippen molar-refractivity contribution in [1.29, 1.82) is 0 Å². The number of aryl methyl sites for hydroxylation is 2. The Labute approximate surface area is 199 Å². The van der Waals surface area contributed by atoms with Crippen LogP contribution in [0.15, 0.2) is 30.5 Å². The van der Waals surface area contributed by atoms with Crippen molar-refractivity contribution >= 4 is 23.3 Å². The maximum atomic E-state index is 12.5. The standard InChI is InChI=1S/C25H31N7O2/c1-4-34-24(33)22-20-7-5-6-17-16-26-25(28-21(17)23(20)31(3)29-22)27-18-8-10-19(11-9-18)32-14-12-30(2)13-15-32/h8-11,16H,4-7,12-15H2,1-3H3,(H,26,27,28). The van der Waals surface area contributed by atoms with Crippen molar-refractivity contribution < 1.29 is 9.53 Å². The van der Waals surface area contributed by atoms with Crippen molar-refractivity contribution in [3.8, 4) is 11.4 Å². The number of benzene rings is 1. The van der Waals surface area contributed by atoms with Gasteiger partial charge in [-0.1, -0.05) is 0 Å². The van der Waals surface area contributed by atoms with Gasteiger partial charge in [0.15, 0.2) is 5.69 Å². The van der Waals surface area contributed by atoms with Crippen LogP contribution in [0.3, 0.4) is 0 Å². The second kappa shape index (κ2) is 9.42. The van der Waals surface area contributed by atoms with E-state index in [1.165, 1.54) is 5.69 Å². The number of nitrogens with zero attached hydrogens (tertiary/aromatic N) is 6. The molecule has 0 amide bonds. The molecule has 178 valence electrons. The highest BCUT2D eigenvalue weighted by atomic mass is 16.5. The van der Waals surface area contributed by atoms with Crippen LogP contribution in [-0.4, -0.2) is 70.5 Å². The number of carbonyl (C=O) groups is 1. The van der Waals surface area contributed by atoms with Crippen LogP contribution in [0.2, 0.25) is 0 Å². The summed E-state index contributed by atoms with van der Waals surface area (Å²) >= 11 is 0. The van der Waals surface area contributed by atoms with Crippen LogP contribution in [0.5, 0.6) is 0 Å². The van der Waals surface area contributed by atoms with Crippen molar-refractivity contribution in [1.82, 2.24) is 24.6 Å². The van der Waals surface area contributed by atoms with Gasteiger partial charge in [-0.3, -0.25) is 4.68 Å². The van der Waals surface area contributed by atoms with Crippen LogP contribution in [0, 0.1) is 0 Å². The van der Waals surface area contributed by atoms with Gasteiger partial charge in [0.2, 0.25) is 5.95 Å². The average Bonchev–Trinajstić information content (AvgIpc) is 3.05. The van der Waals surface area contributed by atoms with Gasteiger partial charge in [-0.05, 0) is 63.1 Å². The Balaban J connectivity index is 1.40. The lowest BCUT2D eigenvalue weighted by atomic mass is 10.1. The molecule has 1 saturated heterocycles. The highest BCUT2D eigenvalue weighted by Gasteiger charge is 2.28. The Bertz CT molecular complexity index is 1180. The van der Waals surface area contributed by atoms with E-state index in [0.29, 0.717) is 18.2 Å². The van der Waals surface area contributed by atoms with E-state index in [9.17, 15) is 4.79 Å².